The van der Waals surface area contributed by atoms with E-state index in [0.717, 1.165) is 23.6 Å². The average Bonchev–Trinajstić information content (AvgIpc) is 3.11. The van der Waals surface area contributed by atoms with E-state index in [1.54, 1.807) is 19.5 Å². The third-order valence-electron chi connectivity index (χ3n) is 4.38. The number of hydrogen-bond donors (Lipinski definition) is 0. The molecule has 3 rings (SSSR count). The normalized spacial score (nSPS) is 16.4. The molecule has 1 amide bonds. The van der Waals surface area contributed by atoms with E-state index in [1.165, 1.54) is 0 Å². The van der Waals surface area contributed by atoms with Crippen LogP contribution in [0.5, 0.6) is 11.6 Å². The highest BCUT2D eigenvalue weighted by Crippen LogP contribution is 2.21. The molecule has 0 spiro atoms. The second kappa shape index (κ2) is 8.03. The Morgan fingerprint density at radius 2 is 2.12 bits per heavy atom. The lowest BCUT2D eigenvalue weighted by Crippen LogP contribution is -2.32. The minimum Gasteiger partial charge on any atom is -0.496 e. The molecule has 1 aromatic carbocycles. The molecule has 1 aromatic heterocycles. The second-order valence-corrected chi connectivity index (χ2v) is 6.47. The fraction of sp³-hybridized carbons (Fsp3) is 0.421. The Balaban J connectivity index is 1.58. The van der Waals surface area contributed by atoms with Gasteiger partial charge in [-0.05, 0) is 6.07 Å². The van der Waals surface area contributed by atoms with Crippen LogP contribution >= 0.6 is 0 Å². The van der Waals surface area contributed by atoms with Gasteiger partial charge in [0.05, 0.1) is 32.5 Å². The molecule has 138 valence electrons. The number of carbonyl (C=O) groups excluding carboxylic acids is 1. The van der Waals surface area contributed by atoms with Crippen LogP contribution in [0.25, 0.3) is 0 Å². The molecular formula is C19H24N4O3. The lowest BCUT2D eigenvalue weighted by Gasteiger charge is -2.18. The van der Waals surface area contributed by atoms with E-state index in [-0.39, 0.29) is 12.0 Å². The van der Waals surface area contributed by atoms with Gasteiger partial charge in [0.1, 0.15) is 11.9 Å². The summed E-state index contributed by atoms with van der Waals surface area (Å²) in [6.45, 7) is 1.24. The van der Waals surface area contributed by atoms with Gasteiger partial charge in [0, 0.05) is 32.6 Å². The Bertz CT molecular complexity index is 766. The van der Waals surface area contributed by atoms with Gasteiger partial charge >= 0.3 is 0 Å². The molecule has 0 bridgehead atoms. The number of nitrogens with zero attached hydrogens (tertiary/aromatic N) is 4. The zero-order chi connectivity index (χ0) is 18.5. The van der Waals surface area contributed by atoms with Crippen molar-refractivity contribution < 1.29 is 14.3 Å². The molecule has 1 aliphatic rings. The fourth-order valence-corrected chi connectivity index (χ4v) is 2.96. The summed E-state index contributed by atoms with van der Waals surface area (Å²) in [5.74, 6) is 2.04. The summed E-state index contributed by atoms with van der Waals surface area (Å²) >= 11 is 0. The first-order valence-electron chi connectivity index (χ1n) is 8.62. The van der Waals surface area contributed by atoms with Gasteiger partial charge in [-0.1, -0.05) is 18.2 Å². The molecule has 0 N–H and O–H groups in total. The summed E-state index contributed by atoms with van der Waals surface area (Å²) in [5.41, 5.74) is 0.897. The number of aromatic nitrogens is 2. The standard InChI is InChI=1S/C19H24N4O3/c1-22(2)17-11-20-12-18(21-17)26-15-8-9-23(13-15)19(24)10-14-6-4-5-7-16(14)25-3/h4-7,11-12,15H,8-10,13H2,1-3H3. The van der Waals surface area contributed by atoms with Crippen LogP contribution in [0.1, 0.15) is 12.0 Å². The van der Waals surface area contributed by atoms with Gasteiger partial charge in [0.25, 0.3) is 0 Å². The number of rotatable bonds is 6. The van der Waals surface area contributed by atoms with Crippen LogP contribution < -0.4 is 14.4 Å². The lowest BCUT2D eigenvalue weighted by molar-refractivity contribution is -0.129. The van der Waals surface area contributed by atoms with Gasteiger partial charge in [0.2, 0.25) is 11.8 Å². The number of ether oxygens (including phenoxy) is 2. The molecule has 1 unspecified atom stereocenters. The van der Waals surface area contributed by atoms with Crippen LogP contribution in [0.2, 0.25) is 0 Å². The van der Waals surface area contributed by atoms with Crippen molar-refractivity contribution in [2.75, 3.05) is 39.2 Å². The summed E-state index contributed by atoms with van der Waals surface area (Å²) in [6.07, 6.45) is 4.33. The Morgan fingerprint density at radius 1 is 1.31 bits per heavy atom. The Morgan fingerprint density at radius 3 is 2.88 bits per heavy atom. The Labute approximate surface area is 153 Å². The van der Waals surface area contributed by atoms with Crippen LogP contribution in [0, 0.1) is 0 Å². The van der Waals surface area contributed by atoms with Gasteiger partial charge in [0.15, 0.2) is 5.82 Å². The van der Waals surface area contributed by atoms with Crippen molar-refractivity contribution >= 4 is 11.7 Å². The molecule has 0 aliphatic carbocycles. The zero-order valence-electron chi connectivity index (χ0n) is 15.4. The molecule has 2 heterocycles. The SMILES string of the molecule is COc1ccccc1CC(=O)N1CCC(Oc2cncc(N(C)C)n2)C1. The molecule has 0 saturated carbocycles. The van der Waals surface area contributed by atoms with Crippen molar-refractivity contribution in [1.82, 2.24) is 14.9 Å². The van der Waals surface area contributed by atoms with E-state index >= 15 is 0 Å². The highest BCUT2D eigenvalue weighted by atomic mass is 16.5. The molecule has 7 nitrogen and oxygen atoms in total. The van der Waals surface area contributed by atoms with Gasteiger partial charge < -0.3 is 19.3 Å². The number of benzene rings is 1. The molecule has 7 heteroatoms. The largest absolute Gasteiger partial charge is 0.496 e. The predicted molar refractivity (Wildman–Crippen MR) is 98.7 cm³/mol. The van der Waals surface area contributed by atoms with Gasteiger partial charge in [-0.25, -0.2) is 0 Å². The topological polar surface area (TPSA) is 67.8 Å². The molecule has 0 radical (unpaired) electrons. The number of carbonyl (C=O) groups is 1. The van der Waals surface area contributed by atoms with Crippen molar-refractivity contribution in [2.45, 2.75) is 18.9 Å². The average molecular weight is 356 g/mol. The summed E-state index contributed by atoms with van der Waals surface area (Å²) in [5, 5.41) is 0. The second-order valence-electron chi connectivity index (χ2n) is 6.47. The van der Waals surface area contributed by atoms with Crippen LogP contribution in [0.3, 0.4) is 0 Å². The molecule has 2 aromatic rings. The molecular weight excluding hydrogens is 332 g/mol. The monoisotopic (exact) mass is 356 g/mol. The summed E-state index contributed by atoms with van der Waals surface area (Å²) in [4.78, 5) is 24.9. The first-order valence-corrected chi connectivity index (χ1v) is 8.62. The summed E-state index contributed by atoms with van der Waals surface area (Å²) in [6, 6.07) is 7.60. The van der Waals surface area contributed by atoms with E-state index in [2.05, 4.69) is 9.97 Å². The maximum Gasteiger partial charge on any atom is 0.234 e. The van der Waals surface area contributed by atoms with Gasteiger partial charge in [-0.15, -0.1) is 0 Å². The van der Waals surface area contributed by atoms with E-state index in [4.69, 9.17) is 9.47 Å². The summed E-state index contributed by atoms with van der Waals surface area (Å²) in [7, 11) is 5.43. The van der Waals surface area contributed by atoms with Crippen molar-refractivity contribution in [3.63, 3.8) is 0 Å². The van der Waals surface area contributed by atoms with Gasteiger partial charge in [-0.3, -0.25) is 9.78 Å². The number of likely N-dealkylation sites (tertiary alicyclic amines) is 1. The quantitative estimate of drug-likeness (QED) is 0.786. The summed E-state index contributed by atoms with van der Waals surface area (Å²) < 4.78 is 11.2. The third-order valence-corrected chi connectivity index (χ3v) is 4.38. The Kier molecular flexibility index (Phi) is 5.55. The smallest absolute Gasteiger partial charge is 0.234 e. The number of methoxy groups -OCH3 is 1. The van der Waals surface area contributed by atoms with Crippen molar-refractivity contribution in [2.24, 2.45) is 0 Å². The van der Waals surface area contributed by atoms with Crippen LogP contribution in [0.15, 0.2) is 36.7 Å². The highest BCUT2D eigenvalue weighted by Gasteiger charge is 2.28. The predicted octanol–water partition coefficient (Wildman–Crippen LogP) is 1.77. The minimum atomic E-state index is -0.0664. The van der Waals surface area contributed by atoms with Gasteiger partial charge in [-0.2, -0.15) is 4.98 Å². The first-order chi connectivity index (χ1) is 12.6. The van der Waals surface area contributed by atoms with Crippen LogP contribution in [0.4, 0.5) is 5.82 Å². The number of anilines is 1. The Hall–Kier alpha value is -2.83. The maximum absolute atomic E-state index is 12.6. The number of para-hydroxylation sites is 1. The number of amides is 1. The van der Waals surface area contributed by atoms with E-state index < -0.39 is 0 Å². The molecule has 26 heavy (non-hydrogen) atoms. The zero-order valence-corrected chi connectivity index (χ0v) is 15.4. The van der Waals surface area contributed by atoms with Crippen LogP contribution in [-0.4, -0.2) is 61.2 Å². The van der Waals surface area contributed by atoms with E-state index in [9.17, 15) is 4.79 Å². The van der Waals surface area contributed by atoms with E-state index in [1.807, 2.05) is 48.2 Å². The van der Waals surface area contributed by atoms with Crippen LogP contribution in [-0.2, 0) is 11.2 Å². The third kappa shape index (κ3) is 4.22. The lowest BCUT2D eigenvalue weighted by atomic mass is 10.1. The van der Waals surface area contributed by atoms with Crippen molar-refractivity contribution in [3.8, 4) is 11.6 Å². The molecule has 1 atom stereocenters. The van der Waals surface area contributed by atoms with Crippen molar-refractivity contribution in [1.29, 1.82) is 0 Å². The number of hydrogen-bond acceptors (Lipinski definition) is 6. The molecule has 1 fully saturated rings. The fourth-order valence-electron chi connectivity index (χ4n) is 2.96. The maximum atomic E-state index is 12.6. The molecule has 1 saturated heterocycles. The highest BCUT2D eigenvalue weighted by molar-refractivity contribution is 5.79. The van der Waals surface area contributed by atoms with E-state index in [0.29, 0.717) is 25.4 Å². The van der Waals surface area contributed by atoms with Crippen molar-refractivity contribution in [3.05, 3.63) is 42.2 Å². The molecule has 1 aliphatic heterocycles. The first kappa shape index (κ1) is 18.0. The minimum absolute atomic E-state index is 0.0664.